The Morgan fingerprint density at radius 2 is 1.85 bits per heavy atom. The summed E-state index contributed by atoms with van der Waals surface area (Å²) in [5, 5.41) is 3.55. The Bertz CT molecular complexity index is 1200. The third kappa shape index (κ3) is 8.10. The van der Waals surface area contributed by atoms with Gasteiger partial charge in [0.1, 0.15) is 6.10 Å². The van der Waals surface area contributed by atoms with Gasteiger partial charge in [0.05, 0.1) is 10.7 Å². The summed E-state index contributed by atoms with van der Waals surface area (Å²) in [5.74, 6) is 4.28. The van der Waals surface area contributed by atoms with Gasteiger partial charge in [0.25, 0.3) is 0 Å². The number of nitrogen functional groups attached to an aromatic ring is 1. The lowest BCUT2D eigenvalue weighted by molar-refractivity contribution is -0.128. The zero-order valence-electron chi connectivity index (χ0n) is 23.0. The Kier molecular flexibility index (Phi) is 10.5. The molecule has 0 saturated heterocycles. The summed E-state index contributed by atoms with van der Waals surface area (Å²) in [4.78, 5) is 24.9. The minimum absolute atomic E-state index is 0.00283. The molecule has 6 heteroatoms. The van der Waals surface area contributed by atoms with Crippen LogP contribution in [0.1, 0.15) is 81.4 Å². The molecule has 2 aromatic carbocycles. The highest BCUT2D eigenvalue weighted by Crippen LogP contribution is 2.36. The summed E-state index contributed by atoms with van der Waals surface area (Å²) >= 11 is 6.21. The molecule has 4 rings (SSSR count). The number of benzene rings is 2. The van der Waals surface area contributed by atoms with Crippen LogP contribution in [0.25, 0.3) is 0 Å². The number of ketones is 1. The number of carbonyl (C=O) groups is 2. The Labute approximate surface area is 238 Å². The highest BCUT2D eigenvalue weighted by Gasteiger charge is 2.26. The smallest absolute Gasteiger partial charge is 0.227 e. The first kappa shape index (κ1) is 29.2. The molecule has 1 aliphatic heterocycles. The SMILES string of the molecule is C#Cc1cc(C[C@@H](OCCCC2CCC(CCC3CCc4ccccc4NC3=O)CC2)C(C)=O)cc(Cl)c1N. The van der Waals surface area contributed by atoms with E-state index in [-0.39, 0.29) is 17.6 Å². The van der Waals surface area contributed by atoms with E-state index in [1.165, 1.54) is 31.2 Å². The Morgan fingerprint density at radius 3 is 2.56 bits per heavy atom. The maximum absolute atomic E-state index is 12.7. The second kappa shape index (κ2) is 14.0. The molecule has 1 heterocycles. The molecule has 1 amide bonds. The van der Waals surface area contributed by atoms with Crippen LogP contribution in [0.3, 0.4) is 0 Å². The molecule has 0 aromatic heterocycles. The number of ether oxygens (including phenoxy) is 1. The molecule has 5 nitrogen and oxygen atoms in total. The van der Waals surface area contributed by atoms with E-state index in [1.54, 1.807) is 19.1 Å². The second-order valence-electron chi connectivity index (χ2n) is 11.3. The van der Waals surface area contributed by atoms with E-state index in [9.17, 15) is 9.59 Å². The number of anilines is 2. The molecule has 0 radical (unpaired) electrons. The predicted molar refractivity (Wildman–Crippen MR) is 159 cm³/mol. The van der Waals surface area contributed by atoms with Gasteiger partial charge >= 0.3 is 0 Å². The van der Waals surface area contributed by atoms with Crippen molar-refractivity contribution in [2.75, 3.05) is 17.7 Å². The molecule has 39 heavy (non-hydrogen) atoms. The van der Waals surface area contributed by atoms with Gasteiger partial charge in [-0.2, -0.15) is 0 Å². The second-order valence-corrected chi connectivity index (χ2v) is 11.8. The topological polar surface area (TPSA) is 81.4 Å². The molecule has 2 aromatic rings. The van der Waals surface area contributed by atoms with Crippen LogP contribution in [0.5, 0.6) is 0 Å². The fourth-order valence-corrected chi connectivity index (χ4v) is 6.36. The summed E-state index contributed by atoms with van der Waals surface area (Å²) in [6.07, 6.45) is 16.5. The van der Waals surface area contributed by atoms with Gasteiger partial charge in [-0.15, -0.1) is 6.42 Å². The summed E-state index contributed by atoms with van der Waals surface area (Å²) < 4.78 is 6.00. The lowest BCUT2D eigenvalue weighted by Gasteiger charge is -2.29. The number of halogens is 1. The van der Waals surface area contributed by atoms with Crippen molar-refractivity contribution in [2.24, 2.45) is 17.8 Å². The van der Waals surface area contributed by atoms with Gasteiger partial charge < -0.3 is 15.8 Å². The van der Waals surface area contributed by atoms with Gasteiger partial charge in [-0.05, 0) is 86.6 Å². The first-order valence-electron chi connectivity index (χ1n) is 14.4. The van der Waals surface area contributed by atoms with Crippen molar-refractivity contribution in [3.63, 3.8) is 0 Å². The number of nitrogens with two attached hydrogens (primary N) is 1. The van der Waals surface area contributed by atoms with Crippen LogP contribution in [-0.2, 0) is 27.2 Å². The van der Waals surface area contributed by atoms with Crippen LogP contribution in [-0.4, -0.2) is 24.4 Å². The number of hydrogen-bond donors (Lipinski definition) is 2. The largest absolute Gasteiger partial charge is 0.397 e. The third-order valence-corrected chi connectivity index (χ3v) is 8.91. The summed E-state index contributed by atoms with van der Waals surface area (Å²) in [6, 6.07) is 11.7. The number of rotatable bonds is 11. The minimum Gasteiger partial charge on any atom is -0.397 e. The van der Waals surface area contributed by atoms with Crippen molar-refractivity contribution in [3.8, 4) is 12.3 Å². The third-order valence-electron chi connectivity index (χ3n) is 8.59. The molecule has 2 atom stereocenters. The Morgan fingerprint density at radius 1 is 1.13 bits per heavy atom. The molecule has 208 valence electrons. The zero-order valence-corrected chi connectivity index (χ0v) is 23.8. The molecular weight excluding hydrogens is 508 g/mol. The molecule has 1 saturated carbocycles. The van der Waals surface area contributed by atoms with Crippen molar-refractivity contribution in [3.05, 3.63) is 58.1 Å². The van der Waals surface area contributed by atoms with E-state index < -0.39 is 6.10 Å². The fourth-order valence-electron chi connectivity index (χ4n) is 6.12. The maximum atomic E-state index is 12.7. The molecule has 2 aliphatic rings. The van der Waals surface area contributed by atoms with Gasteiger partial charge in [0.2, 0.25) is 5.91 Å². The first-order valence-corrected chi connectivity index (χ1v) is 14.8. The van der Waals surface area contributed by atoms with Crippen LogP contribution in [0.2, 0.25) is 5.02 Å². The van der Waals surface area contributed by atoms with Crippen LogP contribution in [0.15, 0.2) is 36.4 Å². The average Bonchev–Trinajstić information content (AvgIpc) is 3.09. The van der Waals surface area contributed by atoms with Crippen molar-refractivity contribution in [1.82, 2.24) is 0 Å². The molecular formula is C33H41ClN2O3. The monoisotopic (exact) mass is 548 g/mol. The van der Waals surface area contributed by atoms with Crippen LogP contribution < -0.4 is 11.1 Å². The molecule has 0 bridgehead atoms. The maximum Gasteiger partial charge on any atom is 0.227 e. The lowest BCUT2D eigenvalue weighted by Crippen LogP contribution is -2.25. The standard InChI is InChI=1S/C33H41ClN2O3/c1-3-26-19-25(20-29(34)32(26)35)21-31(22(2)37)39-18-6-7-23-10-12-24(13-11-23)14-15-28-17-16-27-8-4-5-9-30(27)36-33(28)38/h1,4-5,8-9,19-20,23-24,28,31H,6-7,10-18,21,35H2,2H3,(H,36,38)/t23?,24?,28?,31-/m1/s1. The summed E-state index contributed by atoms with van der Waals surface area (Å²) in [7, 11) is 0. The first-order chi connectivity index (χ1) is 18.8. The van der Waals surface area contributed by atoms with Crippen molar-refractivity contribution >= 4 is 34.7 Å². The number of terminal acetylenes is 1. The molecule has 1 unspecified atom stereocenters. The van der Waals surface area contributed by atoms with E-state index in [0.29, 0.717) is 35.2 Å². The van der Waals surface area contributed by atoms with Gasteiger partial charge in [0.15, 0.2) is 5.78 Å². The average molecular weight is 549 g/mol. The van der Waals surface area contributed by atoms with Crippen molar-refractivity contribution in [1.29, 1.82) is 0 Å². The number of nitrogens with one attached hydrogen (secondary N) is 1. The number of para-hydroxylation sites is 1. The number of aryl methyl sites for hydroxylation is 1. The van der Waals surface area contributed by atoms with E-state index in [1.807, 2.05) is 18.2 Å². The van der Waals surface area contributed by atoms with Crippen LogP contribution >= 0.6 is 11.6 Å². The molecule has 3 N–H and O–H groups in total. The molecule has 0 spiro atoms. The van der Waals surface area contributed by atoms with E-state index in [4.69, 9.17) is 28.5 Å². The number of fused-ring (bicyclic) bond motifs is 1. The number of amides is 1. The summed E-state index contributed by atoms with van der Waals surface area (Å²) in [5.41, 5.74) is 9.93. The van der Waals surface area contributed by atoms with Crippen molar-refractivity contribution < 1.29 is 14.3 Å². The van der Waals surface area contributed by atoms with E-state index in [0.717, 1.165) is 55.7 Å². The van der Waals surface area contributed by atoms with E-state index >= 15 is 0 Å². The minimum atomic E-state index is -0.514. The van der Waals surface area contributed by atoms with E-state index in [2.05, 4.69) is 17.3 Å². The van der Waals surface area contributed by atoms with Crippen LogP contribution in [0.4, 0.5) is 11.4 Å². The normalized spacial score (nSPS) is 21.8. The lowest BCUT2D eigenvalue weighted by atomic mass is 9.77. The number of hydrogen-bond acceptors (Lipinski definition) is 4. The van der Waals surface area contributed by atoms with Gasteiger partial charge in [-0.1, -0.05) is 61.4 Å². The summed E-state index contributed by atoms with van der Waals surface area (Å²) in [6.45, 7) is 2.12. The van der Waals surface area contributed by atoms with Gasteiger partial charge in [-0.3, -0.25) is 9.59 Å². The Hall–Kier alpha value is -2.81. The quantitative estimate of drug-likeness (QED) is 0.180. The molecule has 1 aliphatic carbocycles. The predicted octanol–water partition coefficient (Wildman–Crippen LogP) is 6.99. The fraction of sp³-hybridized carbons (Fsp3) is 0.515. The highest BCUT2D eigenvalue weighted by atomic mass is 35.5. The van der Waals surface area contributed by atoms with Crippen molar-refractivity contribution in [2.45, 2.75) is 83.7 Å². The number of Topliss-reactive ketones (excluding diaryl/α,β-unsaturated/α-hetero) is 1. The van der Waals surface area contributed by atoms with Crippen LogP contribution in [0, 0.1) is 30.1 Å². The van der Waals surface area contributed by atoms with Gasteiger partial charge in [0, 0.05) is 30.2 Å². The number of carbonyl (C=O) groups excluding carboxylic acids is 2. The highest BCUT2D eigenvalue weighted by molar-refractivity contribution is 6.33. The molecule has 1 fully saturated rings. The zero-order chi connectivity index (χ0) is 27.8. The van der Waals surface area contributed by atoms with Gasteiger partial charge in [-0.25, -0.2) is 0 Å². The Balaban J connectivity index is 1.14.